The standard InChI is InChI=1S/C23H22BrFN6O2/c1-26-22(32)15-10-17(25)20(11-16(15)24)30-7-5-29(6-8-30)13-14-9-18-21(27-12-14)19-3-2-4-31(19)23(33)28-18/h2-4,9-12H,5-8,13H2,1H3,(H,26,32)(H,28,33). The van der Waals surface area contributed by atoms with Gasteiger partial charge < -0.3 is 15.2 Å². The van der Waals surface area contributed by atoms with Crippen LogP contribution in [0.15, 0.2) is 52.0 Å². The van der Waals surface area contributed by atoms with Crippen LogP contribution in [-0.4, -0.2) is 58.4 Å². The normalized spacial score (nSPS) is 14.8. The fraction of sp³-hybridized carbons (Fsp3) is 0.261. The minimum Gasteiger partial charge on any atom is -0.367 e. The van der Waals surface area contributed by atoms with Crippen LogP contribution >= 0.6 is 15.9 Å². The molecule has 1 fully saturated rings. The largest absolute Gasteiger partial charge is 0.367 e. The van der Waals surface area contributed by atoms with Crippen molar-refractivity contribution in [3.8, 4) is 0 Å². The average molecular weight is 513 g/mol. The number of hydrogen-bond acceptors (Lipinski definition) is 5. The molecule has 8 nitrogen and oxygen atoms in total. The van der Waals surface area contributed by atoms with Crippen LogP contribution < -0.4 is 15.9 Å². The van der Waals surface area contributed by atoms with Gasteiger partial charge in [0.15, 0.2) is 0 Å². The summed E-state index contributed by atoms with van der Waals surface area (Å²) in [5.41, 5.74) is 3.83. The quantitative estimate of drug-likeness (QED) is 0.439. The molecule has 1 amide bonds. The second-order valence-electron chi connectivity index (χ2n) is 8.06. The molecule has 1 aliphatic heterocycles. The SMILES string of the molecule is CNC(=O)c1cc(F)c(N2CCN(Cc3cnc4c(c3)[nH]c(=O)n3cccc43)CC2)cc1Br. The maximum atomic E-state index is 14.7. The maximum Gasteiger partial charge on any atom is 0.330 e. The van der Waals surface area contributed by atoms with Crippen molar-refractivity contribution in [2.24, 2.45) is 0 Å². The lowest BCUT2D eigenvalue weighted by atomic mass is 10.1. The van der Waals surface area contributed by atoms with Crippen LogP contribution in [0.4, 0.5) is 10.1 Å². The van der Waals surface area contributed by atoms with Crippen molar-refractivity contribution in [2.45, 2.75) is 6.54 Å². The van der Waals surface area contributed by atoms with Gasteiger partial charge in [0.2, 0.25) is 0 Å². The number of aromatic nitrogens is 3. The van der Waals surface area contributed by atoms with Gasteiger partial charge in [0, 0.05) is 56.6 Å². The van der Waals surface area contributed by atoms with E-state index in [2.05, 4.69) is 36.1 Å². The molecule has 10 heteroatoms. The van der Waals surface area contributed by atoms with Crippen LogP contribution in [0.3, 0.4) is 0 Å². The average Bonchev–Trinajstić information content (AvgIpc) is 3.31. The summed E-state index contributed by atoms with van der Waals surface area (Å²) in [4.78, 5) is 35.9. The zero-order valence-corrected chi connectivity index (χ0v) is 19.5. The predicted octanol–water partition coefficient (Wildman–Crippen LogP) is 2.76. The fourth-order valence-electron chi connectivity index (χ4n) is 4.31. The third kappa shape index (κ3) is 4.00. The van der Waals surface area contributed by atoms with E-state index < -0.39 is 5.82 Å². The lowest BCUT2D eigenvalue weighted by molar-refractivity contribution is 0.0962. The number of pyridine rings is 1. The molecule has 0 atom stereocenters. The van der Waals surface area contributed by atoms with Gasteiger partial charge in [0.1, 0.15) is 11.3 Å². The first-order valence-electron chi connectivity index (χ1n) is 10.6. The van der Waals surface area contributed by atoms with E-state index in [4.69, 9.17) is 0 Å². The molecular weight excluding hydrogens is 491 g/mol. The number of aromatic amines is 1. The summed E-state index contributed by atoms with van der Waals surface area (Å²) in [6.07, 6.45) is 3.56. The van der Waals surface area contributed by atoms with Crippen molar-refractivity contribution < 1.29 is 9.18 Å². The summed E-state index contributed by atoms with van der Waals surface area (Å²) in [7, 11) is 1.52. The Balaban J connectivity index is 1.29. The number of fused-ring (bicyclic) bond motifs is 3. The number of hydrogen-bond donors (Lipinski definition) is 2. The zero-order chi connectivity index (χ0) is 23.1. The molecule has 33 heavy (non-hydrogen) atoms. The van der Waals surface area contributed by atoms with Crippen molar-refractivity contribution in [2.75, 3.05) is 38.1 Å². The van der Waals surface area contributed by atoms with Gasteiger partial charge in [0.25, 0.3) is 5.91 Å². The molecule has 0 unspecified atom stereocenters. The van der Waals surface area contributed by atoms with Gasteiger partial charge in [-0.2, -0.15) is 0 Å². The topological polar surface area (TPSA) is 85.7 Å². The van der Waals surface area contributed by atoms with Crippen LogP contribution in [0, 0.1) is 5.82 Å². The highest BCUT2D eigenvalue weighted by Crippen LogP contribution is 2.29. The van der Waals surface area contributed by atoms with E-state index >= 15 is 0 Å². The predicted molar refractivity (Wildman–Crippen MR) is 128 cm³/mol. The smallest absolute Gasteiger partial charge is 0.330 e. The van der Waals surface area contributed by atoms with Crippen LogP contribution in [0.1, 0.15) is 15.9 Å². The number of halogens is 2. The zero-order valence-electron chi connectivity index (χ0n) is 17.9. The number of rotatable bonds is 4. The van der Waals surface area contributed by atoms with Gasteiger partial charge in [-0.15, -0.1) is 0 Å². The highest BCUT2D eigenvalue weighted by molar-refractivity contribution is 9.10. The molecule has 0 radical (unpaired) electrons. The summed E-state index contributed by atoms with van der Waals surface area (Å²) in [5, 5.41) is 2.52. The number of benzene rings is 1. The van der Waals surface area contributed by atoms with E-state index in [0.29, 0.717) is 35.3 Å². The van der Waals surface area contributed by atoms with E-state index in [9.17, 15) is 14.0 Å². The van der Waals surface area contributed by atoms with Crippen molar-refractivity contribution >= 4 is 44.1 Å². The third-order valence-corrected chi connectivity index (χ3v) is 6.68. The first-order chi connectivity index (χ1) is 15.9. The van der Waals surface area contributed by atoms with Crippen LogP contribution in [-0.2, 0) is 6.54 Å². The second-order valence-corrected chi connectivity index (χ2v) is 8.91. The number of H-pyrrole nitrogens is 1. The molecule has 0 spiro atoms. The molecule has 1 aliphatic rings. The van der Waals surface area contributed by atoms with Gasteiger partial charge in [-0.3, -0.25) is 19.1 Å². The van der Waals surface area contributed by atoms with Gasteiger partial charge in [-0.1, -0.05) is 0 Å². The Morgan fingerprint density at radius 1 is 1.24 bits per heavy atom. The highest BCUT2D eigenvalue weighted by Gasteiger charge is 2.22. The van der Waals surface area contributed by atoms with Gasteiger partial charge in [-0.05, 0) is 51.8 Å². The van der Waals surface area contributed by atoms with E-state index in [1.807, 2.05) is 29.3 Å². The molecular formula is C23H22BrFN6O2. The molecule has 5 rings (SSSR count). The molecule has 170 valence electrons. The first-order valence-corrected chi connectivity index (χ1v) is 11.4. The number of amides is 1. The second kappa shape index (κ2) is 8.60. The minimum atomic E-state index is -0.412. The van der Waals surface area contributed by atoms with Gasteiger partial charge in [-0.25, -0.2) is 9.18 Å². The first kappa shape index (κ1) is 21.6. The molecule has 4 heterocycles. The monoisotopic (exact) mass is 512 g/mol. The Labute approximate surface area is 197 Å². The van der Waals surface area contributed by atoms with E-state index in [-0.39, 0.29) is 17.2 Å². The molecule has 0 bridgehead atoms. The molecule has 1 aromatic carbocycles. The Hall–Kier alpha value is -3.24. The van der Waals surface area contributed by atoms with E-state index in [0.717, 1.165) is 29.7 Å². The maximum absolute atomic E-state index is 14.7. The van der Waals surface area contributed by atoms with Crippen molar-refractivity contribution in [1.82, 2.24) is 24.6 Å². The third-order valence-electron chi connectivity index (χ3n) is 6.02. The van der Waals surface area contributed by atoms with Crippen molar-refractivity contribution in [3.63, 3.8) is 0 Å². The van der Waals surface area contributed by atoms with Crippen molar-refractivity contribution in [3.05, 3.63) is 74.6 Å². The highest BCUT2D eigenvalue weighted by atomic mass is 79.9. The Morgan fingerprint density at radius 3 is 2.79 bits per heavy atom. The minimum absolute atomic E-state index is 0.189. The number of nitrogens with zero attached hydrogens (tertiary/aromatic N) is 4. The molecule has 1 saturated heterocycles. The number of carbonyl (C=O) groups excluding carboxylic acids is 1. The Bertz CT molecular complexity index is 1420. The molecule has 4 aromatic rings. The Kier molecular flexibility index (Phi) is 5.63. The lowest BCUT2D eigenvalue weighted by Gasteiger charge is -2.36. The molecule has 0 saturated carbocycles. The number of nitrogens with one attached hydrogen (secondary N) is 2. The summed E-state index contributed by atoms with van der Waals surface area (Å²) >= 11 is 3.38. The Morgan fingerprint density at radius 2 is 2.03 bits per heavy atom. The number of carbonyl (C=O) groups is 1. The molecule has 2 N–H and O–H groups in total. The molecule has 0 aliphatic carbocycles. The summed E-state index contributed by atoms with van der Waals surface area (Å²) < 4.78 is 16.8. The lowest BCUT2D eigenvalue weighted by Crippen LogP contribution is -2.46. The van der Waals surface area contributed by atoms with Gasteiger partial charge in [0.05, 0.1) is 22.3 Å². The summed E-state index contributed by atoms with van der Waals surface area (Å²) in [6.45, 7) is 3.50. The van der Waals surface area contributed by atoms with E-state index in [1.54, 1.807) is 16.7 Å². The number of anilines is 1. The van der Waals surface area contributed by atoms with E-state index in [1.165, 1.54) is 13.1 Å². The van der Waals surface area contributed by atoms with Gasteiger partial charge >= 0.3 is 5.69 Å². The van der Waals surface area contributed by atoms with Crippen LogP contribution in [0.5, 0.6) is 0 Å². The van der Waals surface area contributed by atoms with Crippen molar-refractivity contribution in [1.29, 1.82) is 0 Å². The summed E-state index contributed by atoms with van der Waals surface area (Å²) in [6, 6.07) is 8.61. The van der Waals surface area contributed by atoms with Crippen LogP contribution in [0.25, 0.3) is 16.6 Å². The number of piperazine rings is 1. The fourth-order valence-corrected chi connectivity index (χ4v) is 4.82. The van der Waals surface area contributed by atoms with Crippen LogP contribution in [0.2, 0.25) is 0 Å². The summed E-state index contributed by atoms with van der Waals surface area (Å²) in [5.74, 6) is -0.746. The molecule has 3 aromatic heterocycles.